The molecule has 0 aliphatic carbocycles. The van der Waals surface area contributed by atoms with Gasteiger partial charge in [-0.3, -0.25) is 9.48 Å². The minimum Gasteiger partial charge on any atom is -0.480 e. The Kier molecular flexibility index (Phi) is 5.54. The first-order chi connectivity index (χ1) is 8.99. The zero-order valence-corrected chi connectivity index (χ0v) is 11.6. The highest BCUT2D eigenvalue weighted by atomic mass is 16.4. The Balaban J connectivity index is 2.78. The van der Waals surface area contributed by atoms with Crippen molar-refractivity contribution in [2.45, 2.75) is 52.6 Å². The predicted octanol–water partition coefficient (Wildman–Crippen LogP) is 1.58. The first-order valence-corrected chi connectivity index (χ1v) is 6.57. The minimum atomic E-state index is -0.999. The molecule has 106 valence electrons. The number of hydrogen-bond donors (Lipinski definition) is 2. The van der Waals surface area contributed by atoms with E-state index in [0.29, 0.717) is 18.7 Å². The summed E-state index contributed by atoms with van der Waals surface area (Å²) in [4.78, 5) is 23.2. The molecule has 0 spiro atoms. The second kappa shape index (κ2) is 6.92. The monoisotopic (exact) mass is 267 g/mol. The van der Waals surface area contributed by atoms with E-state index in [4.69, 9.17) is 5.11 Å². The molecule has 6 nitrogen and oxygen atoms in total. The van der Waals surface area contributed by atoms with E-state index >= 15 is 0 Å². The number of aromatic nitrogens is 2. The first kappa shape index (κ1) is 15.2. The van der Waals surface area contributed by atoms with Gasteiger partial charge in [-0.1, -0.05) is 19.8 Å². The predicted molar refractivity (Wildman–Crippen MR) is 71.1 cm³/mol. The molecule has 19 heavy (non-hydrogen) atoms. The van der Waals surface area contributed by atoms with Crippen LogP contribution in [0.5, 0.6) is 0 Å². The van der Waals surface area contributed by atoms with E-state index in [-0.39, 0.29) is 5.91 Å². The van der Waals surface area contributed by atoms with Crippen molar-refractivity contribution < 1.29 is 14.7 Å². The van der Waals surface area contributed by atoms with Crippen LogP contribution in [0.2, 0.25) is 0 Å². The molecule has 1 heterocycles. The Morgan fingerprint density at radius 3 is 2.68 bits per heavy atom. The number of aryl methyl sites for hydroxylation is 2. The average Bonchev–Trinajstić information content (AvgIpc) is 2.75. The lowest BCUT2D eigenvalue weighted by atomic mass is 10.1. The van der Waals surface area contributed by atoms with Crippen LogP contribution in [0.25, 0.3) is 0 Å². The fraction of sp³-hybridized carbons (Fsp3) is 0.615. The summed E-state index contributed by atoms with van der Waals surface area (Å²) >= 11 is 0. The summed E-state index contributed by atoms with van der Waals surface area (Å²) in [6.45, 7) is 6.24. The van der Waals surface area contributed by atoms with Crippen molar-refractivity contribution in [3.8, 4) is 0 Å². The molecule has 0 fully saturated rings. The third-order valence-corrected chi connectivity index (χ3v) is 2.88. The maximum Gasteiger partial charge on any atom is 0.326 e. The summed E-state index contributed by atoms with van der Waals surface area (Å²) < 4.78 is 1.57. The number of amides is 1. The van der Waals surface area contributed by atoms with Gasteiger partial charge in [-0.2, -0.15) is 5.10 Å². The van der Waals surface area contributed by atoms with Crippen LogP contribution in [0.15, 0.2) is 6.07 Å². The van der Waals surface area contributed by atoms with Gasteiger partial charge in [0, 0.05) is 6.54 Å². The van der Waals surface area contributed by atoms with Crippen molar-refractivity contribution in [2.24, 2.45) is 0 Å². The van der Waals surface area contributed by atoms with Crippen LogP contribution in [0.4, 0.5) is 0 Å². The fourth-order valence-electron chi connectivity index (χ4n) is 1.87. The van der Waals surface area contributed by atoms with Crippen LogP contribution < -0.4 is 5.32 Å². The van der Waals surface area contributed by atoms with Gasteiger partial charge in [0.1, 0.15) is 11.7 Å². The SMILES string of the molecule is CCCCC(NC(=O)c1cc(C)nn1CC)C(=O)O. The molecule has 6 heteroatoms. The number of carboxylic acid groups (broad SMARTS) is 1. The van der Waals surface area contributed by atoms with Gasteiger partial charge in [-0.05, 0) is 26.3 Å². The molecule has 1 atom stereocenters. The summed E-state index contributed by atoms with van der Waals surface area (Å²) in [6, 6.07) is 0.824. The summed E-state index contributed by atoms with van der Waals surface area (Å²) in [7, 11) is 0. The second-order valence-corrected chi connectivity index (χ2v) is 4.49. The molecule has 0 radical (unpaired) electrons. The fourth-order valence-corrected chi connectivity index (χ4v) is 1.87. The molecule has 0 aliphatic rings. The number of aliphatic carboxylic acids is 1. The second-order valence-electron chi connectivity index (χ2n) is 4.49. The van der Waals surface area contributed by atoms with E-state index in [1.54, 1.807) is 17.7 Å². The lowest BCUT2D eigenvalue weighted by Crippen LogP contribution is -2.41. The van der Waals surface area contributed by atoms with Gasteiger partial charge >= 0.3 is 5.97 Å². The van der Waals surface area contributed by atoms with E-state index in [2.05, 4.69) is 10.4 Å². The molecule has 1 rings (SSSR count). The lowest BCUT2D eigenvalue weighted by molar-refractivity contribution is -0.139. The summed E-state index contributed by atoms with van der Waals surface area (Å²) in [5, 5.41) is 15.8. The highest BCUT2D eigenvalue weighted by Gasteiger charge is 2.22. The van der Waals surface area contributed by atoms with Crippen LogP contribution in [0.3, 0.4) is 0 Å². The number of unbranched alkanes of at least 4 members (excludes halogenated alkanes) is 1. The number of carboxylic acids is 1. The molecule has 0 aliphatic heterocycles. The van der Waals surface area contributed by atoms with Gasteiger partial charge in [-0.25, -0.2) is 4.79 Å². The van der Waals surface area contributed by atoms with Crippen molar-refractivity contribution >= 4 is 11.9 Å². The van der Waals surface area contributed by atoms with Crippen LogP contribution in [0, 0.1) is 6.92 Å². The van der Waals surface area contributed by atoms with E-state index in [9.17, 15) is 9.59 Å². The van der Waals surface area contributed by atoms with Crippen molar-refractivity contribution in [3.63, 3.8) is 0 Å². The van der Waals surface area contributed by atoms with E-state index in [1.807, 2.05) is 13.8 Å². The van der Waals surface area contributed by atoms with Gasteiger partial charge in [0.05, 0.1) is 5.69 Å². The van der Waals surface area contributed by atoms with Crippen molar-refractivity contribution in [1.29, 1.82) is 0 Å². The van der Waals surface area contributed by atoms with E-state index in [1.165, 1.54) is 0 Å². The van der Waals surface area contributed by atoms with Gasteiger partial charge in [0.15, 0.2) is 0 Å². The third-order valence-electron chi connectivity index (χ3n) is 2.88. The normalized spacial score (nSPS) is 12.2. The average molecular weight is 267 g/mol. The van der Waals surface area contributed by atoms with Gasteiger partial charge in [-0.15, -0.1) is 0 Å². The minimum absolute atomic E-state index is 0.383. The third kappa shape index (κ3) is 4.08. The highest BCUT2D eigenvalue weighted by Crippen LogP contribution is 2.06. The van der Waals surface area contributed by atoms with Crippen LogP contribution in [0.1, 0.15) is 49.3 Å². The topological polar surface area (TPSA) is 84.2 Å². The number of rotatable bonds is 7. The quantitative estimate of drug-likeness (QED) is 0.785. The van der Waals surface area contributed by atoms with Crippen molar-refractivity contribution in [3.05, 3.63) is 17.5 Å². The maximum absolute atomic E-state index is 12.1. The Labute approximate surface area is 112 Å². The van der Waals surface area contributed by atoms with Gasteiger partial charge in [0.25, 0.3) is 5.91 Å². The van der Waals surface area contributed by atoms with E-state index < -0.39 is 12.0 Å². The molecular formula is C13H21N3O3. The Hall–Kier alpha value is -1.85. The standard InChI is InChI=1S/C13H21N3O3/c1-4-6-7-10(13(18)19)14-12(17)11-8-9(3)15-16(11)5-2/h8,10H,4-7H2,1-3H3,(H,14,17)(H,18,19). The number of nitrogens with zero attached hydrogens (tertiary/aromatic N) is 2. The molecule has 0 bridgehead atoms. The highest BCUT2D eigenvalue weighted by molar-refractivity contribution is 5.95. The largest absolute Gasteiger partial charge is 0.480 e. The number of carbonyl (C=O) groups is 2. The molecular weight excluding hydrogens is 246 g/mol. The zero-order valence-electron chi connectivity index (χ0n) is 11.6. The van der Waals surface area contributed by atoms with Crippen LogP contribution in [-0.4, -0.2) is 32.8 Å². The molecule has 0 aromatic carbocycles. The molecule has 0 saturated heterocycles. The summed E-state index contributed by atoms with van der Waals surface area (Å²) in [6.07, 6.45) is 2.10. The molecule has 2 N–H and O–H groups in total. The first-order valence-electron chi connectivity index (χ1n) is 6.57. The summed E-state index contributed by atoms with van der Waals surface area (Å²) in [5.41, 5.74) is 1.15. The Bertz CT molecular complexity index is 454. The van der Waals surface area contributed by atoms with E-state index in [0.717, 1.165) is 18.5 Å². The number of carbonyl (C=O) groups excluding carboxylic acids is 1. The number of hydrogen-bond acceptors (Lipinski definition) is 3. The van der Waals surface area contributed by atoms with Crippen molar-refractivity contribution in [1.82, 2.24) is 15.1 Å². The molecule has 0 saturated carbocycles. The lowest BCUT2D eigenvalue weighted by Gasteiger charge is -2.14. The zero-order chi connectivity index (χ0) is 14.4. The summed E-state index contributed by atoms with van der Waals surface area (Å²) in [5.74, 6) is -1.38. The van der Waals surface area contributed by atoms with Gasteiger partial charge in [0.2, 0.25) is 0 Å². The molecule has 1 amide bonds. The Morgan fingerprint density at radius 2 is 2.16 bits per heavy atom. The molecule has 1 aromatic heterocycles. The molecule has 1 aromatic rings. The van der Waals surface area contributed by atoms with Crippen LogP contribution in [-0.2, 0) is 11.3 Å². The van der Waals surface area contributed by atoms with Crippen molar-refractivity contribution in [2.75, 3.05) is 0 Å². The Morgan fingerprint density at radius 1 is 1.47 bits per heavy atom. The van der Waals surface area contributed by atoms with Crippen LogP contribution >= 0.6 is 0 Å². The maximum atomic E-state index is 12.1. The number of nitrogens with one attached hydrogen (secondary N) is 1. The smallest absolute Gasteiger partial charge is 0.326 e. The van der Waals surface area contributed by atoms with Gasteiger partial charge < -0.3 is 10.4 Å². The molecule has 1 unspecified atom stereocenters.